The zero-order chi connectivity index (χ0) is 15.9. The fourth-order valence-electron chi connectivity index (χ4n) is 2.53. The number of Topliss-reactive ketones (excluding diaryl/α,β-unsaturated/α-hetero) is 1. The second-order valence-corrected chi connectivity index (χ2v) is 5.43. The molecule has 0 unspecified atom stereocenters. The number of nitrogens with zero attached hydrogens (tertiary/aromatic N) is 2. The maximum Gasteiger partial charge on any atom is 0.213 e. The number of ketones is 1. The second-order valence-electron chi connectivity index (χ2n) is 5.43. The molecule has 0 spiro atoms. The van der Waals surface area contributed by atoms with Crippen molar-refractivity contribution < 1.29 is 4.79 Å². The molecule has 0 amide bonds. The monoisotopic (exact) mass is 302 g/mol. The van der Waals surface area contributed by atoms with E-state index in [0.717, 1.165) is 18.4 Å². The van der Waals surface area contributed by atoms with Gasteiger partial charge in [0.25, 0.3) is 0 Å². The van der Waals surface area contributed by atoms with Crippen LogP contribution >= 0.6 is 0 Å². The van der Waals surface area contributed by atoms with Crippen LogP contribution in [0, 0.1) is 0 Å². The lowest BCUT2D eigenvalue weighted by Crippen LogP contribution is -2.15. The number of hydrogen-bond acceptors (Lipinski definition) is 3. The third kappa shape index (κ3) is 3.89. The van der Waals surface area contributed by atoms with E-state index in [9.17, 15) is 4.79 Å². The molecule has 0 heterocycles. The largest absolute Gasteiger partial charge is 0.287 e. The zero-order valence-electron chi connectivity index (χ0n) is 12.9. The second kappa shape index (κ2) is 7.45. The number of allylic oxidation sites excluding steroid dienone is 2. The van der Waals surface area contributed by atoms with Crippen molar-refractivity contribution in [3.63, 3.8) is 0 Å². The highest BCUT2D eigenvalue weighted by Crippen LogP contribution is 2.15. The molecule has 0 aliphatic heterocycles. The van der Waals surface area contributed by atoms with Crippen LogP contribution in [0.5, 0.6) is 0 Å². The Kier molecular flexibility index (Phi) is 4.89. The minimum atomic E-state index is -0.116. The summed E-state index contributed by atoms with van der Waals surface area (Å²) in [6.07, 6.45) is 7.22. The molecule has 1 aliphatic carbocycles. The summed E-state index contributed by atoms with van der Waals surface area (Å²) in [5, 5.41) is 8.38. The summed E-state index contributed by atoms with van der Waals surface area (Å²) in [6.45, 7) is 0. The Labute approximate surface area is 136 Å². The van der Waals surface area contributed by atoms with Gasteiger partial charge in [-0.3, -0.25) is 4.79 Å². The number of carbonyl (C=O) groups is 1. The van der Waals surface area contributed by atoms with Crippen molar-refractivity contribution in [1.82, 2.24) is 0 Å². The smallest absolute Gasteiger partial charge is 0.213 e. The molecular weight excluding hydrogens is 284 g/mol. The molecule has 0 saturated carbocycles. The van der Waals surface area contributed by atoms with Crippen molar-refractivity contribution in [2.75, 3.05) is 0 Å². The SMILES string of the molecule is O=C(/C(=N/N=C/C1=CCCC1)c1ccccc1)c1ccccc1. The highest BCUT2D eigenvalue weighted by molar-refractivity contribution is 6.51. The van der Waals surface area contributed by atoms with E-state index in [-0.39, 0.29) is 5.78 Å². The summed E-state index contributed by atoms with van der Waals surface area (Å²) in [6, 6.07) is 18.6. The van der Waals surface area contributed by atoms with Gasteiger partial charge in [0.1, 0.15) is 5.71 Å². The van der Waals surface area contributed by atoms with Crippen molar-refractivity contribution in [3.05, 3.63) is 83.4 Å². The van der Waals surface area contributed by atoms with Gasteiger partial charge in [0.15, 0.2) is 0 Å². The first-order valence-corrected chi connectivity index (χ1v) is 7.80. The molecule has 0 radical (unpaired) electrons. The van der Waals surface area contributed by atoms with Crippen LogP contribution in [0.4, 0.5) is 0 Å². The molecule has 0 fully saturated rings. The van der Waals surface area contributed by atoms with E-state index in [4.69, 9.17) is 0 Å². The van der Waals surface area contributed by atoms with Crippen LogP contribution in [0.2, 0.25) is 0 Å². The Hall–Kier alpha value is -2.81. The molecule has 0 bridgehead atoms. The van der Waals surface area contributed by atoms with Gasteiger partial charge in [0.05, 0.1) is 6.21 Å². The van der Waals surface area contributed by atoms with Gasteiger partial charge in [-0.1, -0.05) is 66.7 Å². The Balaban J connectivity index is 1.92. The lowest BCUT2D eigenvalue weighted by molar-refractivity contribution is 0.106. The molecule has 3 rings (SSSR count). The summed E-state index contributed by atoms with van der Waals surface area (Å²) in [7, 11) is 0. The fraction of sp³-hybridized carbons (Fsp3) is 0.150. The molecule has 3 nitrogen and oxygen atoms in total. The summed E-state index contributed by atoms with van der Waals surface area (Å²) >= 11 is 0. The van der Waals surface area contributed by atoms with Gasteiger partial charge in [-0.2, -0.15) is 5.10 Å². The van der Waals surface area contributed by atoms with E-state index in [1.807, 2.05) is 48.5 Å². The molecule has 0 saturated heterocycles. The predicted molar refractivity (Wildman–Crippen MR) is 94.2 cm³/mol. The Morgan fingerprint density at radius 1 is 0.913 bits per heavy atom. The van der Waals surface area contributed by atoms with Gasteiger partial charge in [-0.05, 0) is 24.8 Å². The van der Waals surface area contributed by atoms with E-state index in [1.54, 1.807) is 18.3 Å². The fourth-order valence-corrected chi connectivity index (χ4v) is 2.53. The molecule has 2 aromatic rings. The third-order valence-corrected chi connectivity index (χ3v) is 3.76. The highest BCUT2D eigenvalue weighted by Gasteiger charge is 2.16. The van der Waals surface area contributed by atoms with Crippen LogP contribution in [0.1, 0.15) is 35.2 Å². The van der Waals surface area contributed by atoms with E-state index in [0.29, 0.717) is 11.3 Å². The first-order chi connectivity index (χ1) is 11.3. The number of hydrogen-bond donors (Lipinski definition) is 0. The van der Waals surface area contributed by atoms with Crippen LogP contribution in [0.3, 0.4) is 0 Å². The van der Waals surface area contributed by atoms with E-state index in [2.05, 4.69) is 16.3 Å². The van der Waals surface area contributed by atoms with Crippen molar-refractivity contribution in [2.45, 2.75) is 19.3 Å². The summed E-state index contributed by atoms with van der Waals surface area (Å²) in [4.78, 5) is 12.8. The minimum absolute atomic E-state index is 0.116. The van der Waals surface area contributed by atoms with E-state index < -0.39 is 0 Å². The minimum Gasteiger partial charge on any atom is -0.287 e. The number of benzene rings is 2. The van der Waals surface area contributed by atoms with Gasteiger partial charge in [0.2, 0.25) is 5.78 Å². The highest BCUT2D eigenvalue weighted by atomic mass is 16.1. The Morgan fingerprint density at radius 2 is 1.57 bits per heavy atom. The Morgan fingerprint density at radius 3 is 2.17 bits per heavy atom. The van der Waals surface area contributed by atoms with Crippen molar-refractivity contribution >= 4 is 17.7 Å². The normalized spacial score (nSPS) is 15.0. The predicted octanol–water partition coefficient (Wildman–Crippen LogP) is 4.45. The molecule has 3 heteroatoms. The quantitative estimate of drug-likeness (QED) is 0.457. The first kappa shape index (κ1) is 15.1. The van der Waals surface area contributed by atoms with Gasteiger partial charge in [0, 0.05) is 11.1 Å². The van der Waals surface area contributed by atoms with Crippen molar-refractivity contribution in [2.24, 2.45) is 10.2 Å². The van der Waals surface area contributed by atoms with Crippen LogP contribution in [0.15, 0.2) is 82.5 Å². The third-order valence-electron chi connectivity index (χ3n) is 3.76. The maximum atomic E-state index is 12.8. The molecule has 2 aromatic carbocycles. The molecule has 1 aliphatic rings. The summed E-state index contributed by atoms with van der Waals surface area (Å²) < 4.78 is 0. The summed E-state index contributed by atoms with van der Waals surface area (Å²) in [5.74, 6) is -0.116. The topological polar surface area (TPSA) is 41.8 Å². The average Bonchev–Trinajstić information content (AvgIpc) is 3.13. The summed E-state index contributed by atoms with van der Waals surface area (Å²) in [5.41, 5.74) is 2.95. The first-order valence-electron chi connectivity index (χ1n) is 7.80. The Bertz CT molecular complexity index is 759. The van der Waals surface area contributed by atoms with Crippen molar-refractivity contribution in [1.29, 1.82) is 0 Å². The van der Waals surface area contributed by atoms with Crippen LogP contribution in [-0.4, -0.2) is 17.7 Å². The van der Waals surface area contributed by atoms with Gasteiger partial charge in [-0.15, -0.1) is 5.10 Å². The molecule has 0 aromatic heterocycles. The van der Waals surface area contributed by atoms with Crippen LogP contribution in [0.25, 0.3) is 0 Å². The molecular formula is C20H18N2O. The van der Waals surface area contributed by atoms with Crippen molar-refractivity contribution in [3.8, 4) is 0 Å². The van der Waals surface area contributed by atoms with Gasteiger partial charge >= 0.3 is 0 Å². The average molecular weight is 302 g/mol. The molecule has 0 atom stereocenters. The van der Waals surface area contributed by atoms with E-state index >= 15 is 0 Å². The molecule has 114 valence electrons. The van der Waals surface area contributed by atoms with Gasteiger partial charge < -0.3 is 0 Å². The van der Waals surface area contributed by atoms with E-state index in [1.165, 1.54) is 12.0 Å². The van der Waals surface area contributed by atoms with Gasteiger partial charge in [-0.25, -0.2) is 0 Å². The van der Waals surface area contributed by atoms with Crippen LogP contribution in [-0.2, 0) is 0 Å². The van der Waals surface area contributed by atoms with Crippen LogP contribution < -0.4 is 0 Å². The standard InChI is InChI=1S/C20H18N2O/c23-20(18-13-5-2-6-14-18)19(17-11-3-1-4-12-17)22-21-15-16-9-7-8-10-16/h1-6,9,11-15H,7-8,10H2/b21-15+,22-19+. The lowest BCUT2D eigenvalue weighted by Gasteiger charge is -2.04. The molecule has 23 heavy (non-hydrogen) atoms. The number of carbonyl (C=O) groups excluding carboxylic acids is 1. The number of rotatable bonds is 5. The maximum absolute atomic E-state index is 12.8. The zero-order valence-corrected chi connectivity index (χ0v) is 12.9. The molecule has 0 N–H and O–H groups in total. The lowest BCUT2D eigenvalue weighted by atomic mass is 10.0.